The topological polar surface area (TPSA) is 72.4 Å². The van der Waals surface area contributed by atoms with E-state index in [9.17, 15) is 9.59 Å². The first-order valence-corrected chi connectivity index (χ1v) is 12.7. The van der Waals surface area contributed by atoms with E-state index < -0.39 is 0 Å². The van der Waals surface area contributed by atoms with Crippen molar-refractivity contribution >= 4 is 35.2 Å². The fourth-order valence-corrected chi connectivity index (χ4v) is 4.80. The number of hydrogen-bond acceptors (Lipinski definition) is 6. The highest BCUT2D eigenvalue weighted by molar-refractivity contribution is 7.98. The molecule has 1 amide bonds. The highest BCUT2D eigenvalue weighted by Gasteiger charge is 2.29. The van der Waals surface area contributed by atoms with Crippen LogP contribution in [-0.2, 0) is 15.3 Å². The summed E-state index contributed by atoms with van der Waals surface area (Å²) in [5.41, 5.74) is 3.41. The number of benzene rings is 2. The number of hydrogen-bond donors (Lipinski definition) is 0. The molecule has 1 aromatic heterocycles. The molecule has 1 fully saturated rings. The normalized spacial score (nSPS) is 15.7. The predicted octanol–water partition coefficient (Wildman–Crippen LogP) is 5.50. The predicted molar refractivity (Wildman–Crippen MR) is 134 cm³/mol. The van der Waals surface area contributed by atoms with E-state index in [4.69, 9.17) is 16.3 Å². The molecule has 176 valence electrons. The van der Waals surface area contributed by atoms with Gasteiger partial charge in [-0.25, -0.2) is 0 Å². The number of likely N-dealkylation sites (tertiary alicyclic amines) is 1. The van der Waals surface area contributed by atoms with Crippen LogP contribution < -0.4 is 0 Å². The second-order valence-corrected chi connectivity index (χ2v) is 9.53. The van der Waals surface area contributed by atoms with Crippen molar-refractivity contribution in [2.75, 3.05) is 19.7 Å². The molecular formula is C26H26ClN3O3S. The Balaban J connectivity index is 1.36. The first-order chi connectivity index (χ1) is 16.5. The Morgan fingerprint density at radius 3 is 2.68 bits per heavy atom. The van der Waals surface area contributed by atoms with E-state index >= 15 is 0 Å². The Hall–Kier alpha value is -2.90. The van der Waals surface area contributed by atoms with Crippen LogP contribution in [-0.4, -0.2) is 46.7 Å². The number of carbonyl (C=O) groups excluding carboxylic acids is 2. The van der Waals surface area contributed by atoms with E-state index in [1.54, 1.807) is 23.6 Å². The molecule has 3 aromatic rings. The molecule has 1 atom stereocenters. The number of rotatable bonds is 7. The minimum Gasteiger partial charge on any atom is -0.466 e. The number of ether oxygens (including phenoxy) is 1. The molecule has 1 saturated heterocycles. The summed E-state index contributed by atoms with van der Waals surface area (Å²) in [6, 6.07) is 19.0. The van der Waals surface area contributed by atoms with E-state index in [1.165, 1.54) is 0 Å². The molecule has 1 aliphatic rings. The van der Waals surface area contributed by atoms with Gasteiger partial charge in [0.1, 0.15) is 5.03 Å². The number of piperidine rings is 1. The number of carbonyl (C=O) groups is 2. The molecule has 8 heteroatoms. The number of esters is 1. The third-order valence-corrected chi connectivity index (χ3v) is 6.91. The lowest BCUT2D eigenvalue weighted by molar-refractivity contribution is -0.149. The number of nitrogens with zero attached hydrogens (tertiary/aromatic N) is 3. The van der Waals surface area contributed by atoms with Gasteiger partial charge in [-0.1, -0.05) is 47.6 Å². The molecule has 0 saturated carbocycles. The highest BCUT2D eigenvalue weighted by Crippen LogP contribution is 2.25. The summed E-state index contributed by atoms with van der Waals surface area (Å²) in [4.78, 5) is 27.0. The fourth-order valence-electron chi connectivity index (χ4n) is 3.92. The summed E-state index contributed by atoms with van der Waals surface area (Å²) >= 11 is 7.51. The van der Waals surface area contributed by atoms with E-state index in [0.717, 1.165) is 34.7 Å². The van der Waals surface area contributed by atoms with Crippen LogP contribution in [0.3, 0.4) is 0 Å². The molecule has 0 aliphatic carbocycles. The first-order valence-electron chi connectivity index (χ1n) is 11.3. The van der Waals surface area contributed by atoms with Crippen LogP contribution in [0.25, 0.3) is 11.3 Å². The van der Waals surface area contributed by atoms with Crippen molar-refractivity contribution in [2.24, 2.45) is 5.92 Å². The number of aromatic nitrogens is 2. The maximum atomic E-state index is 13.1. The third-order valence-electron chi connectivity index (χ3n) is 5.67. The molecule has 0 N–H and O–H groups in total. The average Bonchev–Trinajstić information content (AvgIpc) is 2.88. The summed E-state index contributed by atoms with van der Waals surface area (Å²) in [6.45, 7) is 3.22. The van der Waals surface area contributed by atoms with Crippen LogP contribution >= 0.6 is 23.4 Å². The second-order valence-electron chi connectivity index (χ2n) is 8.10. The summed E-state index contributed by atoms with van der Waals surface area (Å²) < 4.78 is 5.15. The van der Waals surface area contributed by atoms with Gasteiger partial charge in [0.2, 0.25) is 0 Å². The molecule has 0 spiro atoms. The van der Waals surface area contributed by atoms with Crippen LogP contribution in [0.5, 0.6) is 0 Å². The van der Waals surface area contributed by atoms with Gasteiger partial charge in [0.25, 0.3) is 5.91 Å². The maximum Gasteiger partial charge on any atom is 0.310 e. The lowest BCUT2D eigenvalue weighted by atomic mass is 9.97. The second kappa shape index (κ2) is 11.5. The van der Waals surface area contributed by atoms with Gasteiger partial charge in [0.15, 0.2) is 0 Å². The summed E-state index contributed by atoms with van der Waals surface area (Å²) in [5, 5.41) is 10.1. The molecule has 2 aromatic carbocycles. The van der Waals surface area contributed by atoms with E-state index in [1.807, 2.05) is 60.7 Å². The minimum atomic E-state index is -0.245. The van der Waals surface area contributed by atoms with Gasteiger partial charge in [0.05, 0.1) is 18.2 Å². The molecule has 1 aliphatic heterocycles. The van der Waals surface area contributed by atoms with Gasteiger partial charge in [-0.2, -0.15) is 0 Å². The largest absolute Gasteiger partial charge is 0.466 e. The van der Waals surface area contributed by atoms with Crippen molar-refractivity contribution in [1.29, 1.82) is 0 Å². The number of amides is 1. The van der Waals surface area contributed by atoms with Crippen LogP contribution in [0.2, 0.25) is 5.02 Å². The zero-order valence-electron chi connectivity index (χ0n) is 18.9. The Morgan fingerprint density at radius 1 is 1.12 bits per heavy atom. The van der Waals surface area contributed by atoms with E-state index in [-0.39, 0.29) is 17.8 Å². The smallest absolute Gasteiger partial charge is 0.310 e. The van der Waals surface area contributed by atoms with Gasteiger partial charge in [-0.15, -0.1) is 10.2 Å². The maximum absolute atomic E-state index is 13.1. The van der Waals surface area contributed by atoms with Crippen molar-refractivity contribution in [3.05, 3.63) is 76.8 Å². The quantitative estimate of drug-likeness (QED) is 0.318. The van der Waals surface area contributed by atoms with Gasteiger partial charge < -0.3 is 9.64 Å². The van der Waals surface area contributed by atoms with E-state index in [0.29, 0.717) is 36.0 Å². The molecule has 34 heavy (non-hydrogen) atoms. The third kappa shape index (κ3) is 6.15. The van der Waals surface area contributed by atoms with Crippen LogP contribution in [0.15, 0.2) is 65.7 Å². The molecular weight excluding hydrogens is 470 g/mol. The molecule has 0 radical (unpaired) electrons. The zero-order valence-corrected chi connectivity index (χ0v) is 20.5. The van der Waals surface area contributed by atoms with Crippen molar-refractivity contribution in [3.8, 4) is 11.3 Å². The molecule has 2 heterocycles. The van der Waals surface area contributed by atoms with Crippen molar-refractivity contribution in [2.45, 2.75) is 30.5 Å². The minimum absolute atomic E-state index is 0.0482. The Labute approximate surface area is 208 Å². The van der Waals surface area contributed by atoms with Crippen molar-refractivity contribution in [1.82, 2.24) is 15.1 Å². The highest BCUT2D eigenvalue weighted by atomic mass is 35.5. The molecule has 4 rings (SSSR count). The van der Waals surface area contributed by atoms with Gasteiger partial charge in [0, 0.05) is 35.0 Å². The van der Waals surface area contributed by atoms with Crippen LogP contribution in [0, 0.1) is 5.92 Å². The summed E-state index contributed by atoms with van der Waals surface area (Å²) in [5.74, 6) is 0.161. The first kappa shape index (κ1) is 24.2. The summed E-state index contributed by atoms with van der Waals surface area (Å²) in [6.07, 6.45) is 1.56. The Bertz CT molecular complexity index is 1140. The van der Waals surface area contributed by atoms with Crippen molar-refractivity contribution in [3.63, 3.8) is 0 Å². The summed E-state index contributed by atoms with van der Waals surface area (Å²) in [7, 11) is 0. The fraction of sp³-hybridized carbons (Fsp3) is 0.308. The Morgan fingerprint density at radius 2 is 1.94 bits per heavy atom. The standard InChI is InChI=1S/C26H26ClN3O3S/c1-2-33-26(32)21-7-4-14-30(16-21)25(31)20-6-3-5-18(15-20)17-34-24-13-12-23(28-29-24)19-8-10-22(27)11-9-19/h3,5-6,8-13,15,21H,2,4,7,14,16-17H2,1H3. The molecule has 6 nitrogen and oxygen atoms in total. The molecule has 0 bridgehead atoms. The lowest BCUT2D eigenvalue weighted by Crippen LogP contribution is -2.42. The SMILES string of the molecule is CCOC(=O)C1CCCN(C(=O)c2cccc(CSc3ccc(-c4ccc(Cl)cc4)nn3)c2)C1. The van der Waals surface area contributed by atoms with Gasteiger partial charge in [-0.05, 0) is 61.7 Å². The lowest BCUT2D eigenvalue weighted by Gasteiger charge is -2.31. The molecule has 1 unspecified atom stereocenters. The number of thioether (sulfide) groups is 1. The zero-order chi connectivity index (χ0) is 23.9. The number of halogens is 1. The van der Waals surface area contributed by atoms with E-state index in [2.05, 4.69) is 10.2 Å². The van der Waals surface area contributed by atoms with Crippen LogP contribution in [0.1, 0.15) is 35.7 Å². The van der Waals surface area contributed by atoms with Crippen LogP contribution in [0.4, 0.5) is 0 Å². The monoisotopic (exact) mass is 495 g/mol. The van der Waals surface area contributed by atoms with Gasteiger partial charge in [-0.3, -0.25) is 9.59 Å². The Kier molecular flexibility index (Phi) is 8.19. The average molecular weight is 496 g/mol. The van der Waals surface area contributed by atoms with Gasteiger partial charge >= 0.3 is 5.97 Å². The van der Waals surface area contributed by atoms with Crippen molar-refractivity contribution < 1.29 is 14.3 Å².